The van der Waals surface area contributed by atoms with Crippen LogP contribution in [0.15, 0.2) is 86.9 Å². The number of phenolic OH excluding ortho intramolecular Hbond substituents is 1. The van der Waals surface area contributed by atoms with Gasteiger partial charge in [-0.15, -0.1) is 0 Å². The molecule has 22 heteroatoms. The first-order valence-electron chi connectivity index (χ1n) is 23.9. The number of nitrogen functional groups attached to an aromatic ring is 1. The summed E-state index contributed by atoms with van der Waals surface area (Å²) >= 11 is 0. The Morgan fingerprint density at radius 2 is 1.34 bits per heavy atom. The lowest BCUT2D eigenvalue weighted by Gasteiger charge is -2.18. The number of carbonyl (C=O) groups excluding carboxylic acids is 1. The molecule has 386 valence electrons. The Balaban J connectivity index is 0.760. The van der Waals surface area contributed by atoms with Crippen LogP contribution in [-0.2, 0) is 32.0 Å². The number of unbranched alkanes of at least 4 members (excludes halogenated alkanes) is 12. The SMILES string of the molecule is Nc1ccn([C@H]2CC(O)[C@@H](COP(=O)(O)OCCCCCCCCCCCCOP(=O)(O)OCCCCCCNC(=O)c3ccc(C(=O)O)c(-c4c5ccc(=O)cc-5oc5cc(O)ccc45)c3)O2)c(=O)c1. The molecule has 1 fully saturated rings. The van der Waals surface area contributed by atoms with Gasteiger partial charge in [0.05, 0.1) is 38.1 Å². The Morgan fingerprint density at radius 3 is 1.96 bits per heavy atom. The number of fused-ring (bicyclic) bond motifs is 2. The lowest BCUT2D eigenvalue weighted by atomic mass is 9.89. The summed E-state index contributed by atoms with van der Waals surface area (Å²) in [5.74, 6) is -1.52. The highest BCUT2D eigenvalue weighted by Crippen LogP contribution is 2.46. The summed E-state index contributed by atoms with van der Waals surface area (Å²) in [5.41, 5.74) is 6.72. The average Bonchev–Trinajstić information content (AvgIpc) is 3.69. The number of benzene rings is 3. The minimum Gasteiger partial charge on any atom is -0.508 e. The first-order valence-corrected chi connectivity index (χ1v) is 26.9. The van der Waals surface area contributed by atoms with Gasteiger partial charge in [0.15, 0.2) is 5.43 Å². The Bertz CT molecular complexity index is 2760. The Kier molecular flexibility index (Phi) is 20.5. The second-order valence-electron chi connectivity index (χ2n) is 17.5. The van der Waals surface area contributed by atoms with E-state index in [1.807, 2.05) is 0 Å². The number of pyridine rings is 1. The molecule has 8 N–H and O–H groups in total. The number of carbonyl (C=O) groups is 2. The van der Waals surface area contributed by atoms with Gasteiger partial charge in [-0.05, 0) is 79.8 Å². The number of rotatable bonds is 30. The molecule has 3 aliphatic rings. The summed E-state index contributed by atoms with van der Waals surface area (Å²) in [6, 6.07) is 15.6. The van der Waals surface area contributed by atoms with Crippen molar-refractivity contribution in [3.05, 3.63) is 105 Å². The molecule has 1 amide bonds. The number of carboxylic acid groups (broad SMARTS) is 1. The fraction of sp³-hybridized carbons (Fsp3) is 0.469. The molecule has 3 heterocycles. The Labute approximate surface area is 410 Å². The molecule has 1 saturated heterocycles. The second kappa shape index (κ2) is 26.5. The summed E-state index contributed by atoms with van der Waals surface area (Å²) in [5, 5.41) is 33.8. The number of ether oxygens (including phenoxy) is 1. The van der Waals surface area contributed by atoms with Crippen molar-refractivity contribution >= 4 is 44.2 Å². The number of aromatic hydroxyl groups is 1. The monoisotopic (exact) mass is 1030 g/mol. The van der Waals surface area contributed by atoms with E-state index in [0.29, 0.717) is 67.3 Å². The fourth-order valence-electron chi connectivity index (χ4n) is 8.29. The first-order chi connectivity index (χ1) is 34.0. The molecular weight excluding hydrogens is 964 g/mol. The van der Waals surface area contributed by atoms with Crippen molar-refractivity contribution in [3.8, 4) is 28.2 Å². The highest BCUT2D eigenvalue weighted by Gasteiger charge is 2.37. The number of phenols is 1. The van der Waals surface area contributed by atoms with Gasteiger partial charge in [0.2, 0.25) is 0 Å². The van der Waals surface area contributed by atoms with Crippen LogP contribution in [-0.4, -0.2) is 86.7 Å². The van der Waals surface area contributed by atoms with Crippen molar-refractivity contribution in [2.75, 3.05) is 38.7 Å². The van der Waals surface area contributed by atoms with Crippen molar-refractivity contribution in [2.24, 2.45) is 0 Å². The normalized spacial score (nSPS) is 17.6. The van der Waals surface area contributed by atoms with E-state index in [1.54, 1.807) is 6.07 Å². The van der Waals surface area contributed by atoms with Gasteiger partial charge >= 0.3 is 21.6 Å². The number of nitrogens with two attached hydrogens (primary N) is 1. The van der Waals surface area contributed by atoms with Gasteiger partial charge < -0.3 is 45.3 Å². The summed E-state index contributed by atoms with van der Waals surface area (Å²) in [6.07, 6.45) is 10.2. The first kappa shape index (κ1) is 55.1. The number of hydrogen-bond donors (Lipinski definition) is 7. The summed E-state index contributed by atoms with van der Waals surface area (Å²) in [6.45, 7) is 0.130. The number of phosphoric acid groups is 2. The van der Waals surface area contributed by atoms with E-state index in [9.17, 15) is 53.4 Å². The fourth-order valence-corrected chi connectivity index (χ4v) is 9.86. The lowest BCUT2D eigenvalue weighted by Crippen LogP contribution is -2.27. The van der Waals surface area contributed by atoms with Crippen molar-refractivity contribution < 1.29 is 71.1 Å². The van der Waals surface area contributed by atoms with Gasteiger partial charge in [0, 0.05) is 65.1 Å². The number of nitrogens with zero attached hydrogens (tertiary/aromatic N) is 1. The lowest BCUT2D eigenvalue weighted by molar-refractivity contribution is -0.0460. The van der Waals surface area contributed by atoms with Gasteiger partial charge in [-0.1, -0.05) is 64.2 Å². The predicted molar refractivity (Wildman–Crippen MR) is 263 cm³/mol. The van der Waals surface area contributed by atoms with Crippen molar-refractivity contribution in [2.45, 2.75) is 115 Å². The van der Waals surface area contributed by atoms with Crippen molar-refractivity contribution in [1.82, 2.24) is 9.88 Å². The van der Waals surface area contributed by atoms with Crippen LogP contribution in [0, 0.1) is 0 Å². The van der Waals surface area contributed by atoms with E-state index in [2.05, 4.69) is 5.32 Å². The molecule has 0 bridgehead atoms. The molecule has 1 aromatic heterocycles. The summed E-state index contributed by atoms with van der Waals surface area (Å²) in [4.78, 5) is 70.1. The molecule has 3 aromatic rings. The number of nitrogens with one attached hydrogen (secondary N) is 1. The number of aliphatic hydroxyl groups excluding tert-OH is 1. The van der Waals surface area contributed by atoms with Crippen LogP contribution in [0.5, 0.6) is 5.75 Å². The number of anilines is 1. The van der Waals surface area contributed by atoms with Crippen LogP contribution in [0.1, 0.15) is 123 Å². The highest BCUT2D eigenvalue weighted by atomic mass is 31.2. The van der Waals surface area contributed by atoms with E-state index in [-0.39, 0.29) is 72.1 Å². The molecule has 3 unspecified atom stereocenters. The highest BCUT2D eigenvalue weighted by molar-refractivity contribution is 7.47. The summed E-state index contributed by atoms with van der Waals surface area (Å²) in [7, 11) is -8.54. The molecule has 2 aromatic carbocycles. The third kappa shape index (κ3) is 16.7. The number of carboxylic acids is 1. The molecule has 0 saturated carbocycles. The predicted octanol–water partition coefficient (Wildman–Crippen LogP) is 8.52. The molecule has 20 nitrogen and oxygen atoms in total. The van der Waals surface area contributed by atoms with Crippen LogP contribution in [0.3, 0.4) is 0 Å². The zero-order chi connectivity index (χ0) is 51.0. The van der Waals surface area contributed by atoms with Crippen LogP contribution >= 0.6 is 15.6 Å². The number of phosphoric ester groups is 2. The van der Waals surface area contributed by atoms with E-state index < -0.39 is 51.5 Å². The molecule has 6 rings (SSSR count). The van der Waals surface area contributed by atoms with Gasteiger partial charge in [-0.3, -0.25) is 37.0 Å². The zero-order valence-electron chi connectivity index (χ0n) is 39.4. The maximum Gasteiger partial charge on any atom is 0.472 e. The topological polar surface area (TPSA) is 306 Å². The quantitative estimate of drug-likeness (QED) is 0.0129. The maximum atomic E-state index is 13.2. The van der Waals surface area contributed by atoms with E-state index in [0.717, 1.165) is 51.4 Å². The third-order valence-corrected chi connectivity index (χ3v) is 14.0. The zero-order valence-corrected chi connectivity index (χ0v) is 41.1. The van der Waals surface area contributed by atoms with Crippen molar-refractivity contribution in [3.63, 3.8) is 0 Å². The minimum absolute atomic E-state index is 0.0373. The van der Waals surface area contributed by atoms with Crippen LogP contribution in [0.2, 0.25) is 0 Å². The van der Waals surface area contributed by atoms with Gasteiger partial charge in [-0.25, -0.2) is 13.9 Å². The van der Waals surface area contributed by atoms with Crippen LogP contribution < -0.4 is 22.0 Å². The molecule has 71 heavy (non-hydrogen) atoms. The van der Waals surface area contributed by atoms with E-state index in [4.69, 9.17) is 33.0 Å². The number of amides is 1. The van der Waals surface area contributed by atoms with Crippen molar-refractivity contribution in [1.29, 1.82) is 0 Å². The molecule has 5 atom stereocenters. The van der Waals surface area contributed by atoms with E-state index in [1.165, 1.54) is 71.4 Å². The van der Waals surface area contributed by atoms with Crippen LogP contribution in [0.25, 0.3) is 33.4 Å². The number of hydrogen-bond acceptors (Lipinski definition) is 15. The number of aromatic carboxylic acids is 1. The number of aromatic nitrogens is 1. The molecule has 0 spiro atoms. The largest absolute Gasteiger partial charge is 0.508 e. The summed E-state index contributed by atoms with van der Waals surface area (Å²) < 4.78 is 57.9. The Hall–Kier alpha value is -5.24. The van der Waals surface area contributed by atoms with E-state index >= 15 is 0 Å². The smallest absolute Gasteiger partial charge is 0.472 e. The number of aliphatic hydroxyl groups is 1. The minimum atomic E-state index is -4.36. The molecule has 1 aliphatic carbocycles. The van der Waals surface area contributed by atoms with Gasteiger partial charge in [-0.2, -0.15) is 0 Å². The standard InChI is InChI=1S/C49H63N3O17P2/c50-34-21-23-52(45(56)28-34)46-31-41(55)44(69-46)32-67-71(62,63)66-26-13-9-6-4-2-1-3-5-8-12-24-64-70(60,61)65-25-14-10-7-11-22-51-48(57)33-15-18-37(49(58)59)40(27-33)47-38-19-16-35(53)29-42(38)68-43-30-36(54)17-20-39(43)47/h15-21,23,27-30,41,44,46,53,55H,1-14,22,24-26,31-32,50H2,(H,51,57)(H,58,59)(H,60,61)(H,62,63)/t41?,44-,46-/m1/s1. The van der Waals surface area contributed by atoms with Crippen LogP contribution in [0.4, 0.5) is 5.69 Å². The van der Waals surface area contributed by atoms with Gasteiger partial charge in [0.1, 0.15) is 29.4 Å². The average molecular weight is 1030 g/mol. The Morgan fingerprint density at radius 1 is 0.732 bits per heavy atom. The molecule has 0 radical (unpaired) electrons. The van der Waals surface area contributed by atoms with Gasteiger partial charge in [0.25, 0.3) is 11.5 Å². The molecular formula is C49H63N3O17P2. The third-order valence-electron chi connectivity index (χ3n) is 12.0. The molecule has 2 aliphatic heterocycles. The second-order valence-corrected chi connectivity index (χ2v) is 20.4. The maximum absolute atomic E-state index is 13.2.